The molecule has 1 atom stereocenters. The van der Waals surface area contributed by atoms with Crippen LogP contribution in [0.15, 0.2) is 30.4 Å². The highest BCUT2D eigenvalue weighted by atomic mass is 16.3. The minimum atomic E-state index is 0.430. The van der Waals surface area contributed by atoms with E-state index in [-0.39, 0.29) is 0 Å². The van der Waals surface area contributed by atoms with Crippen LogP contribution >= 0.6 is 0 Å². The maximum Gasteiger partial charge on any atom is 0.119 e. The number of aryl methyl sites for hydroxylation is 1. The predicted molar refractivity (Wildman–Crippen MR) is 54.0 cm³/mol. The molecule has 0 fully saturated rings. The Kier molecular flexibility index (Phi) is 2.09. The molecule has 0 saturated heterocycles. The molecule has 1 aromatic rings. The van der Waals surface area contributed by atoms with Crippen LogP contribution < -0.4 is 0 Å². The van der Waals surface area contributed by atoms with Gasteiger partial charge in [-0.15, -0.1) is 0 Å². The zero-order valence-corrected chi connectivity index (χ0v) is 7.83. The second-order valence-corrected chi connectivity index (χ2v) is 3.67. The lowest BCUT2D eigenvalue weighted by atomic mass is 9.96. The fourth-order valence-electron chi connectivity index (χ4n) is 1.86. The molecule has 0 heterocycles. The van der Waals surface area contributed by atoms with Gasteiger partial charge in [0, 0.05) is 11.5 Å². The van der Waals surface area contributed by atoms with E-state index < -0.39 is 0 Å². The van der Waals surface area contributed by atoms with Gasteiger partial charge in [-0.2, -0.15) is 0 Å². The number of hydrogen-bond acceptors (Lipinski definition) is 1. The summed E-state index contributed by atoms with van der Waals surface area (Å²) in [6.45, 7) is 2.06. The number of benzene rings is 1. The predicted octanol–water partition coefficient (Wildman–Crippen LogP) is 3.13. The molecule has 0 saturated carbocycles. The first-order valence-electron chi connectivity index (χ1n) is 4.73. The van der Waals surface area contributed by atoms with E-state index in [4.69, 9.17) is 0 Å². The lowest BCUT2D eigenvalue weighted by molar-refractivity contribution is 0.464. The molecule has 68 valence electrons. The summed E-state index contributed by atoms with van der Waals surface area (Å²) in [5, 5.41) is 9.66. The molecule has 2 rings (SSSR count). The summed E-state index contributed by atoms with van der Waals surface area (Å²) in [4.78, 5) is 0. The molecule has 0 aromatic heterocycles. The van der Waals surface area contributed by atoms with Crippen LogP contribution in [-0.4, -0.2) is 5.11 Å². The fourth-order valence-corrected chi connectivity index (χ4v) is 1.86. The maximum atomic E-state index is 9.66. The fraction of sp³-hybridized carbons (Fsp3) is 0.333. The molecule has 1 unspecified atom stereocenters. The van der Waals surface area contributed by atoms with Gasteiger partial charge in [0.05, 0.1) is 0 Å². The highest BCUT2D eigenvalue weighted by molar-refractivity contribution is 5.41. The summed E-state index contributed by atoms with van der Waals surface area (Å²) in [7, 11) is 0. The smallest absolute Gasteiger partial charge is 0.119 e. The van der Waals surface area contributed by atoms with Crippen molar-refractivity contribution < 1.29 is 5.11 Å². The van der Waals surface area contributed by atoms with Gasteiger partial charge in [0.15, 0.2) is 0 Å². The minimum absolute atomic E-state index is 0.430. The minimum Gasteiger partial charge on any atom is -0.508 e. The quantitative estimate of drug-likeness (QED) is 0.648. The Labute approximate surface area is 78.7 Å². The average molecular weight is 174 g/mol. The first-order valence-corrected chi connectivity index (χ1v) is 4.73. The summed E-state index contributed by atoms with van der Waals surface area (Å²) >= 11 is 0. The van der Waals surface area contributed by atoms with Gasteiger partial charge in [-0.3, -0.25) is 0 Å². The molecule has 1 N–H and O–H groups in total. The van der Waals surface area contributed by atoms with Crippen LogP contribution in [-0.2, 0) is 0 Å². The van der Waals surface area contributed by atoms with Crippen molar-refractivity contribution in [1.82, 2.24) is 0 Å². The van der Waals surface area contributed by atoms with Gasteiger partial charge in [0.2, 0.25) is 0 Å². The zero-order chi connectivity index (χ0) is 9.26. The first kappa shape index (κ1) is 8.36. The number of allylic oxidation sites excluding steroid dienone is 2. The van der Waals surface area contributed by atoms with E-state index in [0.29, 0.717) is 11.7 Å². The van der Waals surface area contributed by atoms with E-state index in [1.54, 1.807) is 6.07 Å². The molecule has 1 aromatic carbocycles. The Bertz CT molecular complexity index is 339. The third kappa shape index (κ3) is 1.59. The van der Waals surface area contributed by atoms with Crippen molar-refractivity contribution in [2.24, 2.45) is 0 Å². The van der Waals surface area contributed by atoms with Crippen molar-refractivity contribution in [1.29, 1.82) is 0 Å². The molecule has 1 nitrogen and oxygen atoms in total. The molecular formula is C12H14O. The second-order valence-electron chi connectivity index (χ2n) is 3.67. The van der Waals surface area contributed by atoms with E-state index in [1.165, 1.54) is 5.56 Å². The molecule has 0 bridgehead atoms. The van der Waals surface area contributed by atoms with Crippen molar-refractivity contribution >= 4 is 0 Å². The lowest BCUT2D eigenvalue weighted by Gasteiger charge is -2.10. The molecule has 0 radical (unpaired) electrons. The van der Waals surface area contributed by atoms with E-state index in [1.807, 2.05) is 6.07 Å². The van der Waals surface area contributed by atoms with Gasteiger partial charge in [0.1, 0.15) is 5.75 Å². The lowest BCUT2D eigenvalue weighted by Crippen LogP contribution is -1.92. The summed E-state index contributed by atoms with van der Waals surface area (Å²) in [5.41, 5.74) is 2.29. The largest absolute Gasteiger partial charge is 0.508 e. The topological polar surface area (TPSA) is 20.2 Å². The van der Waals surface area contributed by atoms with Crippen molar-refractivity contribution in [2.75, 3.05) is 0 Å². The van der Waals surface area contributed by atoms with Gasteiger partial charge < -0.3 is 5.11 Å². The first-order chi connectivity index (χ1) is 6.27. The summed E-state index contributed by atoms with van der Waals surface area (Å²) in [6.07, 6.45) is 6.65. The molecule has 0 spiro atoms. The number of aromatic hydroxyl groups is 1. The molecule has 13 heavy (non-hydrogen) atoms. The SMILES string of the molecule is Cc1ccc(O)c(C2C=CCC2)c1. The zero-order valence-electron chi connectivity index (χ0n) is 7.83. The summed E-state index contributed by atoms with van der Waals surface area (Å²) in [6, 6.07) is 5.81. The van der Waals surface area contributed by atoms with Crippen molar-refractivity contribution in [3.63, 3.8) is 0 Å². The highest BCUT2D eigenvalue weighted by Gasteiger charge is 2.14. The van der Waals surface area contributed by atoms with Gasteiger partial charge in [-0.25, -0.2) is 0 Å². The molecule has 1 aliphatic carbocycles. The van der Waals surface area contributed by atoms with Crippen LogP contribution in [0.2, 0.25) is 0 Å². The molecule has 0 amide bonds. The Balaban J connectivity index is 2.37. The van der Waals surface area contributed by atoms with Crippen LogP contribution in [0, 0.1) is 6.92 Å². The standard InChI is InChI=1S/C12H14O/c1-9-6-7-12(13)11(8-9)10-4-2-3-5-10/h2,4,6-8,10,13H,3,5H2,1H3. The maximum absolute atomic E-state index is 9.66. The third-order valence-corrected chi connectivity index (χ3v) is 2.60. The Morgan fingerprint density at radius 3 is 2.92 bits per heavy atom. The van der Waals surface area contributed by atoms with Crippen molar-refractivity contribution in [3.8, 4) is 5.75 Å². The van der Waals surface area contributed by atoms with Gasteiger partial charge >= 0.3 is 0 Å². The third-order valence-electron chi connectivity index (χ3n) is 2.60. The highest BCUT2D eigenvalue weighted by Crippen LogP contribution is 2.34. The van der Waals surface area contributed by atoms with Crippen molar-refractivity contribution in [3.05, 3.63) is 41.5 Å². The number of phenolic OH excluding ortho intramolecular Hbond substituents is 1. The van der Waals surface area contributed by atoms with Crippen molar-refractivity contribution in [2.45, 2.75) is 25.7 Å². The summed E-state index contributed by atoms with van der Waals surface area (Å²) in [5.74, 6) is 0.863. The van der Waals surface area contributed by atoms with Crippen LogP contribution in [0.1, 0.15) is 29.9 Å². The Hall–Kier alpha value is -1.24. The second kappa shape index (κ2) is 3.25. The summed E-state index contributed by atoms with van der Waals surface area (Å²) < 4.78 is 0. The molecule has 1 heteroatoms. The van der Waals surface area contributed by atoms with Crippen LogP contribution in [0.3, 0.4) is 0 Å². The van der Waals surface area contributed by atoms with Gasteiger partial charge in [-0.1, -0.05) is 29.8 Å². The normalized spacial score (nSPS) is 20.8. The Morgan fingerprint density at radius 1 is 1.38 bits per heavy atom. The van der Waals surface area contributed by atoms with Crippen LogP contribution in [0.25, 0.3) is 0 Å². The average Bonchev–Trinajstić information content (AvgIpc) is 2.61. The molecule has 1 aliphatic rings. The number of phenols is 1. The van der Waals surface area contributed by atoms with Crippen LogP contribution in [0.4, 0.5) is 0 Å². The van der Waals surface area contributed by atoms with E-state index in [0.717, 1.165) is 18.4 Å². The molecular weight excluding hydrogens is 160 g/mol. The Morgan fingerprint density at radius 2 is 2.23 bits per heavy atom. The van der Waals surface area contributed by atoms with E-state index >= 15 is 0 Å². The number of rotatable bonds is 1. The van der Waals surface area contributed by atoms with E-state index in [2.05, 4.69) is 25.1 Å². The monoisotopic (exact) mass is 174 g/mol. The van der Waals surface area contributed by atoms with E-state index in [9.17, 15) is 5.11 Å². The number of hydrogen-bond donors (Lipinski definition) is 1. The molecule has 0 aliphatic heterocycles. The van der Waals surface area contributed by atoms with Crippen LogP contribution in [0.5, 0.6) is 5.75 Å². The van der Waals surface area contributed by atoms with Gasteiger partial charge in [-0.05, 0) is 25.8 Å². The van der Waals surface area contributed by atoms with Gasteiger partial charge in [0.25, 0.3) is 0 Å².